The molecule has 13 heavy (non-hydrogen) atoms. The van der Waals surface area contributed by atoms with Crippen molar-refractivity contribution < 1.29 is 4.74 Å². The lowest BCUT2D eigenvalue weighted by molar-refractivity contribution is 0.293. The quantitative estimate of drug-likeness (QED) is 0.672. The fourth-order valence-corrected chi connectivity index (χ4v) is 1.94. The molecule has 1 nitrogen and oxygen atoms in total. The van der Waals surface area contributed by atoms with Gasteiger partial charge in [0.2, 0.25) is 0 Å². The van der Waals surface area contributed by atoms with Crippen molar-refractivity contribution in [3.63, 3.8) is 0 Å². The van der Waals surface area contributed by atoms with Crippen LogP contribution in [0.5, 0.6) is 5.75 Å². The van der Waals surface area contributed by atoms with Crippen LogP contribution in [0.15, 0.2) is 24.3 Å². The van der Waals surface area contributed by atoms with Crippen molar-refractivity contribution in [1.29, 1.82) is 0 Å². The van der Waals surface area contributed by atoms with E-state index in [1.807, 2.05) is 6.07 Å². The summed E-state index contributed by atoms with van der Waals surface area (Å²) >= 11 is 0. The van der Waals surface area contributed by atoms with E-state index in [2.05, 4.69) is 32.0 Å². The molecule has 2 atom stereocenters. The molecule has 0 N–H and O–H groups in total. The Morgan fingerprint density at radius 1 is 1.46 bits per heavy atom. The number of ether oxygens (including phenoxy) is 1. The predicted molar refractivity (Wildman–Crippen MR) is 54.1 cm³/mol. The van der Waals surface area contributed by atoms with Crippen molar-refractivity contribution >= 4 is 0 Å². The molecule has 0 spiro atoms. The van der Waals surface area contributed by atoms with E-state index in [9.17, 15) is 0 Å². The van der Waals surface area contributed by atoms with Gasteiger partial charge >= 0.3 is 0 Å². The number of para-hydroxylation sites is 1. The molecule has 2 unspecified atom stereocenters. The minimum Gasteiger partial charge on any atom is -0.493 e. The molecule has 70 valence electrons. The van der Waals surface area contributed by atoms with E-state index in [1.165, 1.54) is 12.0 Å². The van der Waals surface area contributed by atoms with Crippen LogP contribution in [0.3, 0.4) is 0 Å². The van der Waals surface area contributed by atoms with Crippen LogP contribution in [0, 0.1) is 5.92 Å². The van der Waals surface area contributed by atoms with Gasteiger partial charge in [-0.25, -0.2) is 0 Å². The third kappa shape index (κ3) is 1.43. The molecular formula is C12H16O. The van der Waals surface area contributed by atoms with Gasteiger partial charge in [0, 0.05) is 11.5 Å². The first-order chi connectivity index (χ1) is 6.33. The lowest BCUT2D eigenvalue weighted by atomic mass is 9.87. The SMILES string of the molecule is CCC(C)C1COc2ccccc21. The smallest absolute Gasteiger partial charge is 0.122 e. The third-order valence-electron chi connectivity index (χ3n) is 3.07. The molecule has 1 aromatic rings. The molecule has 0 radical (unpaired) electrons. The molecule has 1 aliphatic rings. The van der Waals surface area contributed by atoms with E-state index in [4.69, 9.17) is 4.74 Å². The lowest BCUT2D eigenvalue weighted by Gasteiger charge is -2.15. The molecule has 0 fully saturated rings. The highest BCUT2D eigenvalue weighted by molar-refractivity contribution is 5.39. The second-order valence-corrected chi connectivity index (χ2v) is 3.84. The Bertz CT molecular complexity index is 293. The van der Waals surface area contributed by atoms with Crippen LogP contribution in [0.2, 0.25) is 0 Å². The summed E-state index contributed by atoms with van der Waals surface area (Å²) in [6.07, 6.45) is 1.22. The summed E-state index contributed by atoms with van der Waals surface area (Å²) in [6.45, 7) is 5.41. The normalized spacial score (nSPS) is 22.2. The second kappa shape index (κ2) is 3.41. The van der Waals surface area contributed by atoms with E-state index < -0.39 is 0 Å². The van der Waals surface area contributed by atoms with Gasteiger partial charge in [-0.3, -0.25) is 0 Å². The molecule has 0 saturated heterocycles. The van der Waals surface area contributed by atoms with Gasteiger partial charge in [0.25, 0.3) is 0 Å². The first-order valence-electron chi connectivity index (χ1n) is 5.04. The predicted octanol–water partition coefficient (Wildman–Crippen LogP) is 3.21. The van der Waals surface area contributed by atoms with Crippen molar-refractivity contribution in [2.75, 3.05) is 6.61 Å². The van der Waals surface area contributed by atoms with Gasteiger partial charge < -0.3 is 4.74 Å². The Labute approximate surface area is 79.7 Å². The molecule has 0 aliphatic carbocycles. The van der Waals surface area contributed by atoms with Gasteiger partial charge in [-0.2, -0.15) is 0 Å². The Hall–Kier alpha value is -0.980. The van der Waals surface area contributed by atoms with Crippen LogP contribution in [0.4, 0.5) is 0 Å². The first kappa shape index (κ1) is 8.61. The Balaban J connectivity index is 2.28. The van der Waals surface area contributed by atoms with E-state index in [-0.39, 0.29) is 0 Å². The van der Waals surface area contributed by atoms with Gasteiger partial charge in [-0.05, 0) is 12.0 Å². The van der Waals surface area contributed by atoms with E-state index in [0.717, 1.165) is 18.3 Å². The molecule has 1 heterocycles. The average molecular weight is 176 g/mol. The van der Waals surface area contributed by atoms with Crippen LogP contribution in [-0.4, -0.2) is 6.61 Å². The van der Waals surface area contributed by atoms with Crippen molar-refractivity contribution in [3.05, 3.63) is 29.8 Å². The first-order valence-corrected chi connectivity index (χ1v) is 5.04. The summed E-state index contributed by atoms with van der Waals surface area (Å²) in [5, 5.41) is 0. The average Bonchev–Trinajstić information content (AvgIpc) is 2.60. The molecule has 0 aromatic heterocycles. The summed E-state index contributed by atoms with van der Waals surface area (Å²) in [4.78, 5) is 0. The van der Waals surface area contributed by atoms with Crippen LogP contribution in [0.1, 0.15) is 31.7 Å². The highest BCUT2D eigenvalue weighted by Crippen LogP contribution is 2.38. The molecule has 0 saturated carbocycles. The topological polar surface area (TPSA) is 9.23 Å². The van der Waals surface area contributed by atoms with E-state index >= 15 is 0 Å². The number of hydrogen-bond donors (Lipinski definition) is 0. The molecule has 0 bridgehead atoms. The van der Waals surface area contributed by atoms with Crippen LogP contribution in [0.25, 0.3) is 0 Å². The van der Waals surface area contributed by atoms with Crippen molar-refractivity contribution in [2.24, 2.45) is 5.92 Å². The Morgan fingerprint density at radius 2 is 2.23 bits per heavy atom. The molecular weight excluding hydrogens is 160 g/mol. The summed E-state index contributed by atoms with van der Waals surface area (Å²) in [6, 6.07) is 8.40. The fourth-order valence-electron chi connectivity index (χ4n) is 1.94. The Morgan fingerprint density at radius 3 is 3.00 bits per heavy atom. The highest BCUT2D eigenvalue weighted by atomic mass is 16.5. The van der Waals surface area contributed by atoms with Gasteiger partial charge in [0.1, 0.15) is 5.75 Å². The van der Waals surface area contributed by atoms with Gasteiger partial charge in [0.05, 0.1) is 6.61 Å². The largest absolute Gasteiger partial charge is 0.493 e. The minimum absolute atomic E-state index is 0.612. The number of fused-ring (bicyclic) bond motifs is 1. The molecule has 2 rings (SSSR count). The summed E-state index contributed by atoms with van der Waals surface area (Å²) in [7, 11) is 0. The van der Waals surface area contributed by atoms with Crippen LogP contribution >= 0.6 is 0 Å². The zero-order chi connectivity index (χ0) is 9.26. The van der Waals surface area contributed by atoms with Gasteiger partial charge in [0.15, 0.2) is 0 Å². The van der Waals surface area contributed by atoms with E-state index in [0.29, 0.717) is 5.92 Å². The summed E-state index contributed by atoms with van der Waals surface area (Å²) in [5.74, 6) is 2.43. The fraction of sp³-hybridized carbons (Fsp3) is 0.500. The van der Waals surface area contributed by atoms with Gasteiger partial charge in [-0.1, -0.05) is 38.5 Å². The highest BCUT2D eigenvalue weighted by Gasteiger charge is 2.27. The summed E-state index contributed by atoms with van der Waals surface area (Å²) < 4.78 is 5.63. The van der Waals surface area contributed by atoms with Gasteiger partial charge in [-0.15, -0.1) is 0 Å². The summed E-state index contributed by atoms with van der Waals surface area (Å²) in [5.41, 5.74) is 1.40. The molecule has 1 heteroatoms. The number of rotatable bonds is 2. The lowest BCUT2D eigenvalue weighted by Crippen LogP contribution is -2.10. The zero-order valence-electron chi connectivity index (χ0n) is 8.29. The van der Waals surface area contributed by atoms with Crippen molar-refractivity contribution in [2.45, 2.75) is 26.2 Å². The number of hydrogen-bond acceptors (Lipinski definition) is 1. The molecule has 0 amide bonds. The maximum Gasteiger partial charge on any atom is 0.122 e. The third-order valence-corrected chi connectivity index (χ3v) is 3.07. The number of benzene rings is 1. The zero-order valence-corrected chi connectivity index (χ0v) is 8.29. The van der Waals surface area contributed by atoms with Crippen molar-refractivity contribution in [3.8, 4) is 5.75 Å². The minimum atomic E-state index is 0.612. The maximum atomic E-state index is 5.63. The maximum absolute atomic E-state index is 5.63. The second-order valence-electron chi connectivity index (χ2n) is 3.84. The van der Waals surface area contributed by atoms with Crippen molar-refractivity contribution in [1.82, 2.24) is 0 Å². The molecule has 1 aliphatic heterocycles. The van der Waals surface area contributed by atoms with Crippen LogP contribution < -0.4 is 4.74 Å². The monoisotopic (exact) mass is 176 g/mol. The van der Waals surface area contributed by atoms with E-state index in [1.54, 1.807) is 0 Å². The molecule has 1 aromatic carbocycles. The standard InChI is InChI=1S/C12H16O/c1-3-9(2)11-8-13-12-7-5-4-6-10(11)12/h4-7,9,11H,3,8H2,1-2H3. The van der Waals surface area contributed by atoms with Crippen LogP contribution in [-0.2, 0) is 0 Å². The Kier molecular flexibility index (Phi) is 2.26.